The van der Waals surface area contributed by atoms with Crippen LogP contribution in [0.1, 0.15) is 43.7 Å². The van der Waals surface area contributed by atoms with E-state index in [4.69, 9.17) is 10.5 Å². The molecule has 1 aliphatic heterocycles. The summed E-state index contributed by atoms with van der Waals surface area (Å²) < 4.78 is 5.53. The molecule has 0 spiro atoms. The minimum absolute atomic E-state index is 0.0755. The van der Waals surface area contributed by atoms with E-state index in [0.29, 0.717) is 12.5 Å². The van der Waals surface area contributed by atoms with E-state index in [1.165, 1.54) is 22.0 Å². The highest BCUT2D eigenvalue weighted by Gasteiger charge is 2.35. The monoisotopic (exact) mass is 272 g/mol. The van der Waals surface area contributed by atoms with Crippen molar-refractivity contribution in [1.29, 1.82) is 0 Å². The van der Waals surface area contributed by atoms with Crippen LogP contribution in [0.15, 0.2) is 24.4 Å². The lowest BCUT2D eigenvalue weighted by molar-refractivity contribution is 0.0534. The Labute approximate surface area is 120 Å². The van der Waals surface area contributed by atoms with Gasteiger partial charge in [-0.15, -0.1) is 0 Å². The second-order valence-electron chi connectivity index (χ2n) is 6.26. The van der Waals surface area contributed by atoms with E-state index >= 15 is 0 Å². The molecule has 2 aromatic rings. The molecule has 1 aromatic carbocycles. The van der Waals surface area contributed by atoms with Crippen LogP contribution in [0.5, 0.6) is 0 Å². The molecule has 0 atom stereocenters. The normalized spacial score (nSPS) is 18.8. The number of rotatable bonds is 3. The number of nitrogens with two attached hydrogens (primary N) is 1. The number of aromatic amines is 1. The topological polar surface area (TPSA) is 51.0 Å². The zero-order chi connectivity index (χ0) is 14.2. The fourth-order valence-electron chi connectivity index (χ4n) is 3.28. The third kappa shape index (κ3) is 2.15. The molecule has 1 saturated heterocycles. The van der Waals surface area contributed by atoms with Gasteiger partial charge in [0.25, 0.3) is 0 Å². The van der Waals surface area contributed by atoms with Crippen LogP contribution < -0.4 is 5.73 Å². The summed E-state index contributed by atoms with van der Waals surface area (Å²) in [7, 11) is 0. The van der Waals surface area contributed by atoms with Gasteiger partial charge in [-0.25, -0.2) is 0 Å². The quantitative estimate of drug-likeness (QED) is 0.900. The van der Waals surface area contributed by atoms with Crippen molar-refractivity contribution in [1.82, 2.24) is 4.98 Å². The number of hydrogen-bond acceptors (Lipinski definition) is 2. The molecule has 3 heteroatoms. The molecule has 108 valence electrons. The highest BCUT2D eigenvalue weighted by atomic mass is 16.5. The van der Waals surface area contributed by atoms with Gasteiger partial charge < -0.3 is 15.5 Å². The molecule has 3 nitrogen and oxygen atoms in total. The van der Waals surface area contributed by atoms with Crippen LogP contribution in [-0.4, -0.2) is 24.7 Å². The fourth-order valence-corrected chi connectivity index (χ4v) is 3.28. The van der Waals surface area contributed by atoms with Gasteiger partial charge in [0, 0.05) is 42.3 Å². The Kier molecular flexibility index (Phi) is 3.57. The van der Waals surface area contributed by atoms with E-state index in [1.54, 1.807) is 0 Å². The van der Waals surface area contributed by atoms with Crippen LogP contribution in [0, 0.1) is 0 Å². The first kappa shape index (κ1) is 13.7. The predicted molar refractivity (Wildman–Crippen MR) is 83.2 cm³/mol. The molecular formula is C17H24N2O. The maximum absolute atomic E-state index is 6.15. The van der Waals surface area contributed by atoms with Gasteiger partial charge in [-0.2, -0.15) is 0 Å². The summed E-state index contributed by atoms with van der Waals surface area (Å²) in [6.07, 6.45) is 4.19. The molecule has 0 unspecified atom stereocenters. The fraction of sp³-hybridized carbons (Fsp3) is 0.529. The lowest BCUT2D eigenvalue weighted by Gasteiger charge is -2.36. The van der Waals surface area contributed by atoms with Crippen LogP contribution >= 0.6 is 0 Å². The Bertz CT molecular complexity index is 594. The van der Waals surface area contributed by atoms with Gasteiger partial charge in [0.1, 0.15) is 0 Å². The molecule has 0 bridgehead atoms. The Balaban J connectivity index is 2.12. The van der Waals surface area contributed by atoms with Crippen molar-refractivity contribution in [3.05, 3.63) is 35.5 Å². The lowest BCUT2D eigenvalue weighted by Crippen LogP contribution is -2.40. The molecule has 0 aliphatic carbocycles. The van der Waals surface area contributed by atoms with Crippen LogP contribution in [-0.2, 0) is 10.2 Å². The summed E-state index contributed by atoms with van der Waals surface area (Å²) in [6, 6.07) is 6.74. The minimum Gasteiger partial charge on any atom is -0.381 e. The molecule has 0 saturated carbocycles. The maximum Gasteiger partial charge on any atom is 0.0475 e. The Hall–Kier alpha value is -1.32. The molecule has 2 heterocycles. The van der Waals surface area contributed by atoms with E-state index in [0.717, 1.165) is 26.1 Å². The molecule has 1 aliphatic rings. The highest BCUT2D eigenvalue weighted by molar-refractivity contribution is 5.85. The molecule has 3 N–H and O–H groups in total. The number of fused-ring (bicyclic) bond motifs is 1. The molecule has 3 rings (SSSR count). The highest BCUT2D eigenvalue weighted by Crippen LogP contribution is 2.38. The van der Waals surface area contributed by atoms with E-state index in [2.05, 4.69) is 43.2 Å². The van der Waals surface area contributed by atoms with Crippen molar-refractivity contribution >= 4 is 10.9 Å². The van der Waals surface area contributed by atoms with Crippen molar-refractivity contribution < 1.29 is 4.74 Å². The van der Waals surface area contributed by atoms with Gasteiger partial charge in [0.05, 0.1) is 0 Å². The van der Waals surface area contributed by atoms with Crippen LogP contribution in [0.4, 0.5) is 0 Å². The summed E-state index contributed by atoms with van der Waals surface area (Å²) in [5.41, 5.74) is 10.2. The van der Waals surface area contributed by atoms with Crippen molar-refractivity contribution in [3.63, 3.8) is 0 Å². The smallest absolute Gasteiger partial charge is 0.0475 e. The van der Waals surface area contributed by atoms with E-state index in [9.17, 15) is 0 Å². The minimum atomic E-state index is 0.0755. The van der Waals surface area contributed by atoms with Gasteiger partial charge >= 0.3 is 0 Å². The number of aromatic nitrogens is 1. The third-order valence-electron chi connectivity index (χ3n) is 4.78. The molecule has 0 radical (unpaired) electrons. The van der Waals surface area contributed by atoms with Crippen molar-refractivity contribution in [2.75, 3.05) is 19.8 Å². The summed E-state index contributed by atoms with van der Waals surface area (Å²) in [6.45, 7) is 6.79. The van der Waals surface area contributed by atoms with Crippen molar-refractivity contribution in [3.8, 4) is 0 Å². The van der Waals surface area contributed by atoms with Gasteiger partial charge in [-0.05, 0) is 42.0 Å². The second-order valence-corrected chi connectivity index (χ2v) is 6.26. The first-order chi connectivity index (χ1) is 9.66. The molecule has 1 fully saturated rings. The van der Waals surface area contributed by atoms with Gasteiger partial charge in [-0.3, -0.25) is 0 Å². The zero-order valence-corrected chi connectivity index (χ0v) is 12.4. The number of H-pyrrole nitrogens is 1. The van der Waals surface area contributed by atoms with E-state index in [1.807, 2.05) is 0 Å². The predicted octanol–water partition coefficient (Wildman–Crippen LogP) is 3.30. The number of ether oxygens (including phenoxy) is 1. The van der Waals surface area contributed by atoms with Crippen molar-refractivity contribution in [2.24, 2.45) is 5.73 Å². The largest absolute Gasteiger partial charge is 0.381 e. The molecule has 0 amide bonds. The average molecular weight is 272 g/mol. The summed E-state index contributed by atoms with van der Waals surface area (Å²) in [4.78, 5) is 3.41. The average Bonchev–Trinajstić information content (AvgIpc) is 2.91. The lowest BCUT2D eigenvalue weighted by atomic mass is 9.74. The maximum atomic E-state index is 6.15. The van der Waals surface area contributed by atoms with E-state index < -0.39 is 0 Å². The standard InChI is InChI=1S/C17H24N2O/c1-12(2)13-3-4-16-14(9-13)15(10-19-16)17(11-18)5-7-20-8-6-17/h3-4,9-10,12,19H,5-8,11,18H2,1-2H3. The van der Waals surface area contributed by atoms with Gasteiger partial charge in [0.15, 0.2) is 0 Å². The molecule has 1 aromatic heterocycles. The molecular weight excluding hydrogens is 248 g/mol. The summed E-state index contributed by atoms with van der Waals surface area (Å²) >= 11 is 0. The number of nitrogens with one attached hydrogen (secondary N) is 1. The van der Waals surface area contributed by atoms with Gasteiger partial charge in [-0.1, -0.05) is 19.9 Å². The number of benzene rings is 1. The zero-order valence-electron chi connectivity index (χ0n) is 12.4. The summed E-state index contributed by atoms with van der Waals surface area (Å²) in [5.74, 6) is 0.547. The second kappa shape index (κ2) is 5.23. The summed E-state index contributed by atoms with van der Waals surface area (Å²) in [5, 5.41) is 1.34. The first-order valence-corrected chi connectivity index (χ1v) is 7.56. The van der Waals surface area contributed by atoms with E-state index in [-0.39, 0.29) is 5.41 Å². The van der Waals surface area contributed by atoms with Gasteiger partial charge in [0.2, 0.25) is 0 Å². The van der Waals surface area contributed by atoms with Crippen LogP contribution in [0.2, 0.25) is 0 Å². The SMILES string of the molecule is CC(C)c1ccc2[nH]cc(C3(CN)CCOCC3)c2c1. The Morgan fingerprint density at radius 3 is 2.70 bits per heavy atom. The van der Waals surface area contributed by atoms with Crippen molar-refractivity contribution in [2.45, 2.75) is 38.0 Å². The Morgan fingerprint density at radius 1 is 1.30 bits per heavy atom. The first-order valence-electron chi connectivity index (χ1n) is 7.56. The third-order valence-corrected chi connectivity index (χ3v) is 4.78. The van der Waals surface area contributed by atoms with Crippen LogP contribution in [0.25, 0.3) is 10.9 Å². The Morgan fingerprint density at radius 2 is 2.05 bits per heavy atom. The van der Waals surface area contributed by atoms with Crippen LogP contribution in [0.3, 0.4) is 0 Å². The molecule has 20 heavy (non-hydrogen) atoms. The number of hydrogen-bond donors (Lipinski definition) is 2.